The summed E-state index contributed by atoms with van der Waals surface area (Å²) in [6.45, 7) is 0. The molecule has 4 amide bonds. The van der Waals surface area contributed by atoms with E-state index in [0.717, 1.165) is 0 Å². The summed E-state index contributed by atoms with van der Waals surface area (Å²) in [6.07, 6.45) is 0. The van der Waals surface area contributed by atoms with Gasteiger partial charge in [0.2, 0.25) is 0 Å². The van der Waals surface area contributed by atoms with E-state index < -0.39 is 28.8 Å². The zero-order valence-electron chi connectivity index (χ0n) is 7.57. The van der Waals surface area contributed by atoms with Crippen molar-refractivity contribution in [3.63, 3.8) is 0 Å². The van der Waals surface area contributed by atoms with E-state index in [0.29, 0.717) is 0 Å². The first-order valence-corrected chi connectivity index (χ1v) is 2.81. The first kappa shape index (κ1) is 12.6. The van der Waals surface area contributed by atoms with Gasteiger partial charge in [-0.25, -0.2) is 4.79 Å². The van der Waals surface area contributed by atoms with Gasteiger partial charge in [-0.15, -0.1) is 0 Å². The Labute approximate surface area is 115 Å². The molecule has 0 atom stereocenters. The predicted octanol–water partition coefficient (Wildman–Crippen LogP) is -4.89. The van der Waals surface area contributed by atoms with Gasteiger partial charge in [-0.2, -0.15) is 0 Å². The van der Waals surface area contributed by atoms with Gasteiger partial charge in [0, 0.05) is 4.92 Å². The van der Waals surface area contributed by atoms with E-state index in [1.54, 1.807) is 10.6 Å². The quantitative estimate of drug-likeness (QED) is 0.196. The molecule has 66 valence electrons. The second-order valence-corrected chi connectivity index (χ2v) is 2.00. The van der Waals surface area contributed by atoms with E-state index in [-0.39, 0.29) is 52.8 Å². The average molecular weight is 213 g/mol. The monoisotopic (exact) mass is 213 g/mol. The van der Waals surface area contributed by atoms with Crippen molar-refractivity contribution in [3.8, 4) is 0 Å². The summed E-state index contributed by atoms with van der Waals surface area (Å²) in [5, 5.41) is 13.2. The van der Waals surface area contributed by atoms with Crippen LogP contribution in [0.3, 0.4) is 0 Å². The normalized spacial score (nSPS) is 17.1. The SMILES string of the molecule is O=C1NC(=O)C([N+](=O)[O-])C(=O)N1.[H-].[K+]. The fraction of sp³-hybridized carbons (Fsp3) is 0.250. The van der Waals surface area contributed by atoms with Gasteiger partial charge in [0.05, 0.1) is 0 Å². The number of barbiturate groups is 1. The summed E-state index contributed by atoms with van der Waals surface area (Å²) in [5.74, 6) is -2.43. The zero-order valence-corrected chi connectivity index (χ0v) is 9.69. The Morgan fingerprint density at radius 2 is 1.62 bits per heavy atom. The molecule has 1 heterocycles. The van der Waals surface area contributed by atoms with Gasteiger partial charge < -0.3 is 1.43 Å². The molecule has 0 radical (unpaired) electrons. The zero-order chi connectivity index (χ0) is 9.30. The van der Waals surface area contributed by atoms with Crippen LogP contribution in [0.4, 0.5) is 4.79 Å². The maximum atomic E-state index is 10.6. The van der Waals surface area contributed by atoms with Gasteiger partial charge in [-0.3, -0.25) is 30.3 Å². The van der Waals surface area contributed by atoms with Crippen molar-refractivity contribution in [1.29, 1.82) is 0 Å². The number of imide groups is 2. The smallest absolute Gasteiger partial charge is 1.00 e. The number of rotatable bonds is 1. The van der Waals surface area contributed by atoms with Crippen LogP contribution in [0, 0.1) is 10.1 Å². The summed E-state index contributed by atoms with van der Waals surface area (Å²) in [7, 11) is 0. The molecular formula is C4H4KN3O5. The third-order valence-electron chi connectivity index (χ3n) is 1.18. The minimum Gasteiger partial charge on any atom is -1.00 e. The van der Waals surface area contributed by atoms with Crippen LogP contribution in [0.5, 0.6) is 0 Å². The van der Waals surface area contributed by atoms with Gasteiger partial charge >= 0.3 is 75.3 Å². The van der Waals surface area contributed by atoms with Crippen molar-refractivity contribution in [2.45, 2.75) is 6.04 Å². The van der Waals surface area contributed by atoms with Crippen molar-refractivity contribution in [2.75, 3.05) is 0 Å². The Hall–Kier alpha value is -0.354. The molecule has 0 saturated carbocycles. The molecule has 0 bridgehead atoms. The number of amides is 4. The molecule has 1 rings (SSSR count). The van der Waals surface area contributed by atoms with E-state index in [4.69, 9.17) is 0 Å². The first-order chi connectivity index (χ1) is 5.52. The van der Waals surface area contributed by atoms with Crippen LogP contribution in [0.15, 0.2) is 0 Å². The Balaban J connectivity index is 0. The molecular weight excluding hydrogens is 209 g/mol. The second-order valence-electron chi connectivity index (χ2n) is 2.00. The minimum absolute atomic E-state index is 0. The second kappa shape index (κ2) is 4.76. The van der Waals surface area contributed by atoms with Crippen LogP contribution in [0.1, 0.15) is 1.43 Å². The number of carbonyl (C=O) groups is 3. The number of carbonyl (C=O) groups excluding carboxylic acids is 3. The number of nitrogens with one attached hydrogen (secondary N) is 2. The van der Waals surface area contributed by atoms with Gasteiger partial charge in [0.15, 0.2) is 0 Å². The molecule has 9 heteroatoms. The molecule has 0 spiro atoms. The number of nitro groups is 1. The number of nitrogens with zero attached hydrogens (tertiary/aromatic N) is 1. The molecule has 0 aliphatic carbocycles. The van der Waals surface area contributed by atoms with E-state index in [1.807, 2.05) is 0 Å². The first-order valence-electron chi connectivity index (χ1n) is 2.81. The van der Waals surface area contributed by atoms with Crippen molar-refractivity contribution in [3.05, 3.63) is 10.1 Å². The molecule has 1 aliphatic rings. The molecule has 1 fully saturated rings. The topological polar surface area (TPSA) is 118 Å². The summed E-state index contributed by atoms with van der Waals surface area (Å²) in [5.41, 5.74) is 0. The van der Waals surface area contributed by atoms with Crippen molar-refractivity contribution in [1.82, 2.24) is 10.6 Å². The molecule has 1 saturated heterocycles. The number of urea groups is 1. The maximum absolute atomic E-state index is 10.6. The van der Waals surface area contributed by atoms with Crippen LogP contribution >= 0.6 is 0 Å². The molecule has 0 aromatic carbocycles. The Kier molecular flexibility index (Phi) is 4.63. The molecule has 0 aromatic heterocycles. The van der Waals surface area contributed by atoms with E-state index in [1.165, 1.54) is 0 Å². The van der Waals surface area contributed by atoms with Crippen LogP contribution in [0.25, 0.3) is 0 Å². The van der Waals surface area contributed by atoms with Crippen molar-refractivity contribution >= 4 is 17.8 Å². The van der Waals surface area contributed by atoms with Crippen LogP contribution in [-0.4, -0.2) is 28.8 Å². The molecule has 0 unspecified atom stereocenters. The van der Waals surface area contributed by atoms with Gasteiger partial charge in [-0.05, 0) is 0 Å². The van der Waals surface area contributed by atoms with Crippen LogP contribution in [-0.2, 0) is 9.59 Å². The minimum atomic E-state index is -2.03. The third kappa shape index (κ3) is 2.81. The standard InChI is InChI=1S/C4H3N3O5.K.H/c8-2-1(7(11)12)3(9)6-4(10)5-2;;/h1H,(H2,5,6,8,9,10);;/q;+1;-1. The van der Waals surface area contributed by atoms with Crippen LogP contribution in [0.2, 0.25) is 0 Å². The largest absolute Gasteiger partial charge is 1.00 e. The van der Waals surface area contributed by atoms with Gasteiger partial charge in [-0.1, -0.05) is 0 Å². The summed E-state index contributed by atoms with van der Waals surface area (Å²) in [6, 6.07) is -3.06. The fourth-order valence-electron chi connectivity index (χ4n) is 0.702. The fourth-order valence-corrected chi connectivity index (χ4v) is 0.702. The van der Waals surface area contributed by atoms with E-state index >= 15 is 0 Å². The Bertz CT molecular complexity index is 275. The third-order valence-corrected chi connectivity index (χ3v) is 1.18. The van der Waals surface area contributed by atoms with Gasteiger partial charge in [0.25, 0.3) is 0 Å². The van der Waals surface area contributed by atoms with E-state index in [2.05, 4.69) is 0 Å². The number of hydrogen-bond donors (Lipinski definition) is 2. The van der Waals surface area contributed by atoms with Crippen molar-refractivity contribution in [2.24, 2.45) is 0 Å². The Morgan fingerprint density at radius 1 is 1.23 bits per heavy atom. The summed E-state index contributed by atoms with van der Waals surface area (Å²) < 4.78 is 0. The Morgan fingerprint density at radius 3 is 1.92 bits per heavy atom. The van der Waals surface area contributed by atoms with Crippen molar-refractivity contribution < 1.29 is 72.1 Å². The average Bonchev–Trinajstić information content (AvgIpc) is 1.82. The molecule has 0 aromatic rings. The molecule has 2 N–H and O–H groups in total. The number of hydrogen-bond acceptors (Lipinski definition) is 5. The van der Waals surface area contributed by atoms with Gasteiger partial charge in [0.1, 0.15) is 0 Å². The van der Waals surface area contributed by atoms with Crippen LogP contribution < -0.4 is 62.0 Å². The summed E-state index contributed by atoms with van der Waals surface area (Å²) >= 11 is 0. The van der Waals surface area contributed by atoms with E-state index in [9.17, 15) is 24.5 Å². The summed E-state index contributed by atoms with van der Waals surface area (Å²) in [4.78, 5) is 40.6. The molecule has 13 heavy (non-hydrogen) atoms. The maximum Gasteiger partial charge on any atom is 1.00 e. The molecule has 1 aliphatic heterocycles. The predicted molar refractivity (Wildman–Crippen MR) is 33.6 cm³/mol. The molecule has 8 nitrogen and oxygen atoms in total.